The van der Waals surface area contributed by atoms with Crippen LogP contribution in [0.25, 0.3) is 0 Å². The van der Waals surface area contributed by atoms with E-state index in [2.05, 4.69) is 0 Å². The Balaban J connectivity index is 1.72. The third-order valence-corrected chi connectivity index (χ3v) is 2.44. The van der Waals surface area contributed by atoms with Crippen molar-refractivity contribution in [2.24, 2.45) is 0 Å². The largest absolute Gasteiger partial charge is 0.389 e. The predicted octanol–water partition coefficient (Wildman–Crippen LogP) is 2.23. The van der Waals surface area contributed by atoms with Gasteiger partial charge in [-0.25, -0.2) is 0 Å². The summed E-state index contributed by atoms with van der Waals surface area (Å²) in [5, 5.41) is 0. The molecule has 0 aromatic heterocycles. The van der Waals surface area contributed by atoms with Crippen molar-refractivity contribution in [1.29, 1.82) is 0 Å². The lowest BCUT2D eigenvalue weighted by molar-refractivity contribution is -0.144. The molecule has 0 aromatic carbocycles. The van der Waals surface area contributed by atoms with Crippen molar-refractivity contribution in [2.75, 3.05) is 6.61 Å². The fourth-order valence-corrected chi connectivity index (χ4v) is 1.62. The highest BCUT2D eigenvalue weighted by molar-refractivity contribution is 4.89. The van der Waals surface area contributed by atoms with E-state index in [1.807, 2.05) is 0 Å². The summed E-state index contributed by atoms with van der Waals surface area (Å²) in [6, 6.07) is 0. The minimum atomic E-state index is -4.07. The molecule has 76 valence electrons. The molecule has 2 heterocycles. The fourth-order valence-electron chi connectivity index (χ4n) is 1.62. The normalized spacial score (nSPS) is 38.5. The van der Waals surface area contributed by atoms with E-state index in [1.54, 1.807) is 0 Å². The van der Waals surface area contributed by atoms with E-state index in [0.717, 1.165) is 6.42 Å². The molecular formula is C8H11F3O2. The van der Waals surface area contributed by atoms with Gasteiger partial charge in [-0.1, -0.05) is 0 Å². The van der Waals surface area contributed by atoms with Gasteiger partial charge in [0.25, 0.3) is 0 Å². The van der Waals surface area contributed by atoms with Crippen LogP contribution in [0.1, 0.15) is 25.7 Å². The molecule has 2 atom stereocenters. The van der Waals surface area contributed by atoms with Gasteiger partial charge in [-0.3, -0.25) is 0 Å². The molecule has 0 aliphatic carbocycles. The van der Waals surface area contributed by atoms with E-state index >= 15 is 0 Å². The standard InChI is InChI=1S/C8H11F3O2/c9-8(10,11)4-2-6-1-3-7(13-6)5-12-7/h6H,1-5H2/t6-,7?/m1/s1. The molecule has 2 aliphatic heterocycles. The summed E-state index contributed by atoms with van der Waals surface area (Å²) in [7, 11) is 0. The zero-order chi connectivity index (χ0) is 9.53. The molecule has 0 radical (unpaired) electrons. The number of epoxide rings is 1. The maximum absolute atomic E-state index is 11.8. The summed E-state index contributed by atoms with van der Waals surface area (Å²) in [6.45, 7) is 0.551. The maximum Gasteiger partial charge on any atom is 0.389 e. The van der Waals surface area contributed by atoms with E-state index in [1.165, 1.54) is 0 Å². The van der Waals surface area contributed by atoms with Gasteiger partial charge in [0.1, 0.15) is 6.61 Å². The third kappa shape index (κ3) is 2.34. The summed E-state index contributed by atoms with van der Waals surface area (Å²) in [5.74, 6) is -0.476. The molecule has 0 saturated carbocycles. The first-order valence-corrected chi connectivity index (χ1v) is 4.38. The van der Waals surface area contributed by atoms with Crippen molar-refractivity contribution in [1.82, 2.24) is 0 Å². The number of hydrogen-bond donors (Lipinski definition) is 0. The Bertz CT molecular complexity index is 198. The highest BCUT2D eigenvalue weighted by Crippen LogP contribution is 2.43. The average Bonchev–Trinajstić information content (AvgIpc) is 2.58. The highest BCUT2D eigenvalue weighted by atomic mass is 19.4. The number of rotatable bonds is 2. The molecule has 0 aromatic rings. The van der Waals surface area contributed by atoms with E-state index in [-0.39, 0.29) is 12.5 Å². The average molecular weight is 196 g/mol. The molecule has 2 saturated heterocycles. The van der Waals surface area contributed by atoms with E-state index in [9.17, 15) is 13.2 Å². The molecule has 5 heteroatoms. The minimum Gasteiger partial charge on any atom is -0.344 e. The molecule has 2 rings (SSSR count). The summed E-state index contributed by atoms with van der Waals surface area (Å²) in [5.41, 5.74) is 0. The molecule has 1 unspecified atom stereocenters. The fraction of sp³-hybridized carbons (Fsp3) is 1.00. The molecule has 2 nitrogen and oxygen atoms in total. The topological polar surface area (TPSA) is 21.8 Å². The van der Waals surface area contributed by atoms with Gasteiger partial charge in [0.2, 0.25) is 0 Å². The second-order valence-electron chi connectivity index (χ2n) is 3.63. The van der Waals surface area contributed by atoms with Crippen LogP contribution in [0.3, 0.4) is 0 Å². The SMILES string of the molecule is FC(F)(F)CC[C@H]1CCC2(CO2)O1. The van der Waals surface area contributed by atoms with Crippen molar-refractivity contribution in [3.63, 3.8) is 0 Å². The molecule has 0 amide bonds. The van der Waals surface area contributed by atoms with Crippen LogP contribution in [-0.4, -0.2) is 24.7 Å². The molecule has 13 heavy (non-hydrogen) atoms. The van der Waals surface area contributed by atoms with Crippen LogP contribution in [0, 0.1) is 0 Å². The van der Waals surface area contributed by atoms with Crippen molar-refractivity contribution in [3.05, 3.63) is 0 Å². The van der Waals surface area contributed by atoms with Gasteiger partial charge in [0.05, 0.1) is 6.10 Å². The van der Waals surface area contributed by atoms with Gasteiger partial charge >= 0.3 is 6.18 Å². The van der Waals surface area contributed by atoms with Gasteiger partial charge < -0.3 is 9.47 Å². The number of ether oxygens (including phenoxy) is 2. The zero-order valence-electron chi connectivity index (χ0n) is 7.06. The summed E-state index contributed by atoms with van der Waals surface area (Å²) in [6.07, 6.45) is -3.58. The van der Waals surface area contributed by atoms with Crippen molar-refractivity contribution >= 4 is 0 Å². The second kappa shape index (κ2) is 2.85. The number of alkyl halides is 3. The highest BCUT2D eigenvalue weighted by Gasteiger charge is 2.52. The van der Waals surface area contributed by atoms with Gasteiger partial charge in [-0.2, -0.15) is 13.2 Å². The Morgan fingerprint density at radius 2 is 2.08 bits per heavy atom. The molecule has 1 spiro atoms. The molecule has 2 aliphatic rings. The Morgan fingerprint density at radius 3 is 2.54 bits per heavy atom. The van der Waals surface area contributed by atoms with Gasteiger partial charge in [-0.15, -0.1) is 0 Å². The lowest BCUT2D eigenvalue weighted by atomic mass is 10.1. The van der Waals surface area contributed by atoms with Crippen molar-refractivity contribution in [2.45, 2.75) is 43.8 Å². The van der Waals surface area contributed by atoms with Gasteiger partial charge in [-0.05, 0) is 12.8 Å². The Labute approximate surface area is 74.0 Å². The van der Waals surface area contributed by atoms with Gasteiger partial charge in [0.15, 0.2) is 5.79 Å². The summed E-state index contributed by atoms with van der Waals surface area (Å²) < 4.78 is 45.8. The Morgan fingerprint density at radius 1 is 1.38 bits per heavy atom. The quantitative estimate of drug-likeness (QED) is 0.632. The summed E-state index contributed by atoms with van der Waals surface area (Å²) >= 11 is 0. The van der Waals surface area contributed by atoms with Crippen LogP contribution in [0.4, 0.5) is 13.2 Å². The second-order valence-corrected chi connectivity index (χ2v) is 3.63. The lowest BCUT2D eigenvalue weighted by Gasteiger charge is -2.11. The van der Waals surface area contributed by atoms with Crippen LogP contribution in [0.5, 0.6) is 0 Å². The van der Waals surface area contributed by atoms with Crippen LogP contribution in [0.2, 0.25) is 0 Å². The van der Waals surface area contributed by atoms with E-state index in [4.69, 9.17) is 9.47 Å². The first kappa shape index (κ1) is 9.27. The predicted molar refractivity (Wildman–Crippen MR) is 38.1 cm³/mol. The zero-order valence-corrected chi connectivity index (χ0v) is 7.06. The van der Waals surface area contributed by atoms with Gasteiger partial charge in [0, 0.05) is 12.8 Å². The first-order chi connectivity index (χ1) is 5.99. The Kier molecular flexibility index (Phi) is 2.03. The van der Waals surface area contributed by atoms with Crippen molar-refractivity contribution < 1.29 is 22.6 Å². The van der Waals surface area contributed by atoms with E-state index < -0.39 is 18.4 Å². The van der Waals surface area contributed by atoms with Crippen molar-refractivity contribution in [3.8, 4) is 0 Å². The first-order valence-electron chi connectivity index (χ1n) is 4.38. The van der Waals surface area contributed by atoms with Crippen LogP contribution in [-0.2, 0) is 9.47 Å². The monoisotopic (exact) mass is 196 g/mol. The van der Waals surface area contributed by atoms with Crippen LogP contribution < -0.4 is 0 Å². The third-order valence-electron chi connectivity index (χ3n) is 2.44. The lowest BCUT2D eigenvalue weighted by Crippen LogP contribution is -2.16. The van der Waals surface area contributed by atoms with E-state index in [0.29, 0.717) is 13.0 Å². The maximum atomic E-state index is 11.8. The number of halogens is 3. The molecule has 0 N–H and O–H groups in total. The molecule has 2 fully saturated rings. The molecular weight excluding hydrogens is 185 g/mol. The summed E-state index contributed by atoms with van der Waals surface area (Å²) in [4.78, 5) is 0. The number of hydrogen-bond acceptors (Lipinski definition) is 2. The minimum absolute atomic E-state index is 0.0641. The molecule has 0 bridgehead atoms. The van der Waals surface area contributed by atoms with Crippen LogP contribution >= 0.6 is 0 Å². The Hall–Kier alpha value is -0.290. The van der Waals surface area contributed by atoms with Crippen LogP contribution in [0.15, 0.2) is 0 Å². The smallest absolute Gasteiger partial charge is 0.344 e.